The van der Waals surface area contributed by atoms with Gasteiger partial charge in [0.05, 0.1) is 5.69 Å². The number of benzene rings is 2. The molecule has 2 nitrogen and oxygen atoms in total. The highest BCUT2D eigenvalue weighted by Gasteiger charge is 2.16. The Hall–Kier alpha value is -2.61. The van der Waals surface area contributed by atoms with Gasteiger partial charge in [-0.15, -0.1) is 0 Å². The molecular weight excluding hydrogens is 354 g/mol. The van der Waals surface area contributed by atoms with Crippen LogP contribution in [0.2, 0.25) is 0 Å². The Morgan fingerprint density at radius 3 is 2.66 bits per heavy atom. The van der Waals surface area contributed by atoms with Crippen molar-refractivity contribution in [3.8, 4) is 11.3 Å². The van der Waals surface area contributed by atoms with Crippen LogP contribution in [-0.4, -0.2) is 4.98 Å². The third-order valence-electron chi connectivity index (χ3n) is 6.54. The van der Waals surface area contributed by atoms with Crippen molar-refractivity contribution in [3.05, 3.63) is 65.9 Å². The van der Waals surface area contributed by atoms with Crippen molar-refractivity contribution in [2.45, 2.75) is 58.3 Å². The summed E-state index contributed by atoms with van der Waals surface area (Å²) in [5.74, 6) is 1.32. The summed E-state index contributed by atoms with van der Waals surface area (Å²) < 4.78 is 6.38. The number of pyridine rings is 1. The summed E-state index contributed by atoms with van der Waals surface area (Å²) in [6.07, 6.45) is 10.1. The van der Waals surface area contributed by atoms with Crippen LogP contribution < -0.4 is 0 Å². The summed E-state index contributed by atoms with van der Waals surface area (Å²) in [6.45, 7) is 4.44. The van der Waals surface area contributed by atoms with E-state index in [0.29, 0.717) is 5.92 Å². The lowest BCUT2D eigenvalue weighted by atomic mass is 9.85. The second kappa shape index (κ2) is 7.67. The van der Waals surface area contributed by atoms with Crippen molar-refractivity contribution in [3.63, 3.8) is 0 Å². The second-order valence-electron chi connectivity index (χ2n) is 8.95. The number of hydrogen-bond acceptors (Lipinski definition) is 2. The standard InChI is InChI=1S/C27H29NO/c1-18(2)21-11-12-22-23-9-6-10-24(27(23)29-26(22)17-21)25-16-20(13-14-28-25)15-19-7-4-3-5-8-19/h6,9-14,16-19H,3-5,7-8,15H2,1-2H3. The number of nitrogens with zero attached hydrogens (tertiary/aromatic N) is 1. The van der Waals surface area contributed by atoms with Gasteiger partial charge < -0.3 is 4.42 Å². The van der Waals surface area contributed by atoms with Crippen LogP contribution in [0.5, 0.6) is 0 Å². The van der Waals surface area contributed by atoms with Crippen LogP contribution in [0.1, 0.15) is 63.0 Å². The fourth-order valence-corrected chi connectivity index (χ4v) is 4.85. The van der Waals surface area contributed by atoms with Gasteiger partial charge in [-0.3, -0.25) is 4.98 Å². The van der Waals surface area contributed by atoms with Crippen LogP contribution in [-0.2, 0) is 6.42 Å². The Labute approximate surface area is 173 Å². The molecule has 5 rings (SSSR count). The van der Waals surface area contributed by atoms with E-state index in [1.807, 2.05) is 6.20 Å². The summed E-state index contributed by atoms with van der Waals surface area (Å²) in [6, 6.07) is 17.5. The first-order chi connectivity index (χ1) is 14.2. The lowest BCUT2D eigenvalue weighted by molar-refractivity contribution is 0.356. The molecule has 0 atom stereocenters. The molecule has 0 aliphatic heterocycles. The Morgan fingerprint density at radius 1 is 0.966 bits per heavy atom. The van der Waals surface area contributed by atoms with E-state index < -0.39 is 0 Å². The molecule has 4 aromatic rings. The monoisotopic (exact) mass is 383 g/mol. The first-order valence-electron chi connectivity index (χ1n) is 11.1. The van der Waals surface area contributed by atoms with E-state index in [4.69, 9.17) is 9.40 Å². The third-order valence-corrected chi connectivity index (χ3v) is 6.54. The number of furan rings is 1. The number of para-hydroxylation sites is 1. The first kappa shape index (κ1) is 18.4. The van der Waals surface area contributed by atoms with E-state index in [2.05, 4.69) is 62.4 Å². The molecule has 2 aromatic carbocycles. The molecule has 2 heteroatoms. The van der Waals surface area contributed by atoms with E-state index in [1.54, 1.807) is 0 Å². The van der Waals surface area contributed by atoms with Crippen LogP contribution >= 0.6 is 0 Å². The van der Waals surface area contributed by atoms with Crippen molar-refractivity contribution in [2.75, 3.05) is 0 Å². The SMILES string of the molecule is CC(C)c1ccc2c(c1)oc1c(-c3cc(CC4CCCCC4)ccn3)cccc12. The van der Waals surface area contributed by atoms with Crippen LogP contribution in [0.4, 0.5) is 0 Å². The largest absolute Gasteiger partial charge is 0.455 e. The number of fused-ring (bicyclic) bond motifs is 3. The molecule has 0 unspecified atom stereocenters. The Morgan fingerprint density at radius 2 is 1.83 bits per heavy atom. The maximum atomic E-state index is 6.38. The normalized spacial score (nSPS) is 15.6. The summed E-state index contributed by atoms with van der Waals surface area (Å²) in [5, 5.41) is 2.36. The number of aromatic nitrogens is 1. The minimum absolute atomic E-state index is 0.491. The third kappa shape index (κ3) is 3.57. The molecule has 2 aromatic heterocycles. The molecule has 1 aliphatic carbocycles. The fourth-order valence-electron chi connectivity index (χ4n) is 4.85. The molecule has 0 radical (unpaired) electrons. The number of rotatable bonds is 4. The minimum Gasteiger partial charge on any atom is -0.455 e. The Kier molecular flexibility index (Phi) is 4.87. The van der Waals surface area contributed by atoms with Gasteiger partial charge in [0.25, 0.3) is 0 Å². The topological polar surface area (TPSA) is 26.0 Å². The van der Waals surface area contributed by atoms with Gasteiger partial charge in [0.1, 0.15) is 11.2 Å². The Balaban J connectivity index is 1.56. The van der Waals surface area contributed by atoms with E-state index in [9.17, 15) is 0 Å². The molecule has 0 saturated heterocycles. The average Bonchev–Trinajstić information content (AvgIpc) is 3.12. The highest BCUT2D eigenvalue weighted by molar-refractivity contribution is 6.09. The Bertz CT molecular complexity index is 1150. The average molecular weight is 384 g/mol. The summed E-state index contributed by atoms with van der Waals surface area (Å²) >= 11 is 0. The number of hydrogen-bond donors (Lipinski definition) is 0. The molecule has 29 heavy (non-hydrogen) atoms. The van der Waals surface area contributed by atoms with Gasteiger partial charge in [-0.05, 0) is 53.6 Å². The minimum atomic E-state index is 0.491. The van der Waals surface area contributed by atoms with Crippen molar-refractivity contribution < 1.29 is 4.42 Å². The molecule has 1 aliphatic rings. The van der Waals surface area contributed by atoms with Crippen molar-refractivity contribution in [2.24, 2.45) is 5.92 Å². The van der Waals surface area contributed by atoms with Crippen LogP contribution in [0.15, 0.2) is 59.1 Å². The molecule has 0 N–H and O–H groups in total. The van der Waals surface area contributed by atoms with Gasteiger partial charge in [0, 0.05) is 22.5 Å². The zero-order chi connectivity index (χ0) is 19.8. The summed E-state index contributed by atoms with van der Waals surface area (Å²) in [4.78, 5) is 4.71. The van der Waals surface area contributed by atoms with E-state index >= 15 is 0 Å². The van der Waals surface area contributed by atoms with Crippen molar-refractivity contribution in [1.29, 1.82) is 0 Å². The van der Waals surface area contributed by atoms with Gasteiger partial charge in [0.15, 0.2) is 0 Å². The van der Waals surface area contributed by atoms with Crippen LogP contribution in [0.25, 0.3) is 33.2 Å². The summed E-state index contributed by atoms with van der Waals surface area (Å²) in [5.41, 5.74) is 6.74. The summed E-state index contributed by atoms with van der Waals surface area (Å²) in [7, 11) is 0. The van der Waals surface area contributed by atoms with Crippen LogP contribution in [0.3, 0.4) is 0 Å². The van der Waals surface area contributed by atoms with Gasteiger partial charge in [0.2, 0.25) is 0 Å². The first-order valence-corrected chi connectivity index (χ1v) is 11.1. The van der Waals surface area contributed by atoms with Gasteiger partial charge in [-0.25, -0.2) is 0 Å². The zero-order valence-electron chi connectivity index (χ0n) is 17.4. The van der Waals surface area contributed by atoms with E-state index in [1.165, 1.54) is 60.4 Å². The molecule has 0 spiro atoms. The lowest BCUT2D eigenvalue weighted by Gasteiger charge is -2.21. The van der Waals surface area contributed by atoms with Gasteiger partial charge >= 0.3 is 0 Å². The van der Waals surface area contributed by atoms with E-state index in [0.717, 1.165) is 28.3 Å². The molecule has 148 valence electrons. The second-order valence-corrected chi connectivity index (χ2v) is 8.95. The highest BCUT2D eigenvalue weighted by Crippen LogP contribution is 2.36. The predicted octanol–water partition coefficient (Wildman–Crippen LogP) is 7.89. The smallest absolute Gasteiger partial charge is 0.144 e. The van der Waals surface area contributed by atoms with Gasteiger partial charge in [-0.2, -0.15) is 0 Å². The molecular formula is C27H29NO. The maximum absolute atomic E-state index is 6.38. The van der Waals surface area contributed by atoms with Crippen LogP contribution in [0, 0.1) is 5.92 Å². The van der Waals surface area contributed by atoms with Gasteiger partial charge in [-0.1, -0.05) is 70.2 Å². The maximum Gasteiger partial charge on any atom is 0.144 e. The van der Waals surface area contributed by atoms with E-state index in [-0.39, 0.29) is 0 Å². The lowest BCUT2D eigenvalue weighted by Crippen LogP contribution is -2.09. The molecule has 0 amide bonds. The predicted molar refractivity (Wildman–Crippen MR) is 121 cm³/mol. The highest BCUT2D eigenvalue weighted by atomic mass is 16.3. The van der Waals surface area contributed by atoms with Crippen molar-refractivity contribution >= 4 is 21.9 Å². The molecule has 1 saturated carbocycles. The quantitative estimate of drug-likeness (QED) is 0.358. The molecule has 2 heterocycles. The fraction of sp³-hybridized carbons (Fsp3) is 0.370. The van der Waals surface area contributed by atoms with Crippen molar-refractivity contribution in [1.82, 2.24) is 4.98 Å². The zero-order valence-corrected chi connectivity index (χ0v) is 17.4. The molecule has 0 bridgehead atoms. The molecule has 1 fully saturated rings.